The van der Waals surface area contributed by atoms with Gasteiger partial charge in [0, 0.05) is 0 Å². The van der Waals surface area contributed by atoms with E-state index in [-0.39, 0.29) is 9.92 Å². The SMILES string of the molecule is Cc1ccc(S(=O)(=O)c2nnn(-c3ccccc3C)c2C)cc1. The summed E-state index contributed by atoms with van der Waals surface area (Å²) in [4.78, 5) is 0.225. The van der Waals surface area contributed by atoms with Gasteiger partial charge in [0.1, 0.15) is 0 Å². The molecule has 0 atom stereocenters. The third-order valence-electron chi connectivity index (χ3n) is 3.78. The van der Waals surface area contributed by atoms with Crippen LogP contribution in [-0.2, 0) is 9.84 Å². The van der Waals surface area contributed by atoms with E-state index >= 15 is 0 Å². The van der Waals surface area contributed by atoms with E-state index in [1.165, 1.54) is 0 Å². The highest BCUT2D eigenvalue weighted by Crippen LogP contribution is 2.24. The number of rotatable bonds is 3. The van der Waals surface area contributed by atoms with E-state index in [1.807, 2.05) is 38.1 Å². The summed E-state index contributed by atoms with van der Waals surface area (Å²) in [6.45, 7) is 5.58. The summed E-state index contributed by atoms with van der Waals surface area (Å²) < 4.78 is 27.1. The molecule has 0 amide bonds. The molecule has 0 radical (unpaired) electrons. The van der Waals surface area contributed by atoms with E-state index in [0.29, 0.717) is 5.69 Å². The maximum absolute atomic E-state index is 12.8. The van der Waals surface area contributed by atoms with Crippen LogP contribution in [0.1, 0.15) is 16.8 Å². The van der Waals surface area contributed by atoms with Crippen molar-refractivity contribution in [1.29, 1.82) is 0 Å². The Morgan fingerprint density at radius 3 is 2.22 bits per heavy atom. The highest BCUT2D eigenvalue weighted by molar-refractivity contribution is 7.91. The second-order valence-electron chi connectivity index (χ2n) is 5.49. The standard InChI is InChI=1S/C17H17N3O2S/c1-12-8-10-15(11-9-12)23(21,22)17-14(3)20(19-18-17)16-7-5-4-6-13(16)2/h4-11H,1-3H3. The maximum atomic E-state index is 12.8. The minimum absolute atomic E-state index is 0.00962. The van der Waals surface area contributed by atoms with Crippen molar-refractivity contribution in [2.45, 2.75) is 30.7 Å². The van der Waals surface area contributed by atoms with Crippen LogP contribution in [0.15, 0.2) is 58.5 Å². The Balaban J connectivity index is 2.12. The lowest BCUT2D eigenvalue weighted by atomic mass is 10.2. The molecule has 0 spiro atoms. The number of para-hydroxylation sites is 1. The smallest absolute Gasteiger partial charge is 0.217 e. The monoisotopic (exact) mass is 327 g/mol. The van der Waals surface area contributed by atoms with Crippen molar-refractivity contribution in [3.63, 3.8) is 0 Å². The summed E-state index contributed by atoms with van der Waals surface area (Å²) in [6.07, 6.45) is 0. The molecule has 0 saturated carbocycles. The second kappa shape index (κ2) is 5.62. The molecule has 0 aliphatic heterocycles. The van der Waals surface area contributed by atoms with E-state index in [4.69, 9.17) is 0 Å². The second-order valence-corrected chi connectivity index (χ2v) is 7.36. The number of sulfone groups is 1. The molecule has 3 rings (SSSR count). The van der Waals surface area contributed by atoms with Crippen LogP contribution in [0.2, 0.25) is 0 Å². The Bertz CT molecular complexity index is 958. The normalized spacial score (nSPS) is 11.6. The molecule has 0 N–H and O–H groups in total. The zero-order chi connectivity index (χ0) is 16.6. The van der Waals surface area contributed by atoms with Gasteiger partial charge < -0.3 is 0 Å². The number of hydrogen-bond donors (Lipinski definition) is 0. The first-order valence-electron chi connectivity index (χ1n) is 7.21. The lowest BCUT2D eigenvalue weighted by Gasteiger charge is -2.07. The van der Waals surface area contributed by atoms with Gasteiger partial charge in [-0.25, -0.2) is 13.1 Å². The third-order valence-corrected chi connectivity index (χ3v) is 5.56. The Morgan fingerprint density at radius 1 is 0.913 bits per heavy atom. The van der Waals surface area contributed by atoms with E-state index in [2.05, 4.69) is 10.3 Å². The number of nitrogens with zero attached hydrogens (tertiary/aromatic N) is 3. The Labute approximate surface area is 135 Å². The minimum atomic E-state index is -3.68. The molecule has 0 fully saturated rings. The lowest BCUT2D eigenvalue weighted by molar-refractivity contribution is 0.591. The molecule has 1 aromatic heterocycles. The van der Waals surface area contributed by atoms with Gasteiger partial charge in [-0.3, -0.25) is 0 Å². The van der Waals surface area contributed by atoms with Gasteiger partial charge >= 0.3 is 0 Å². The van der Waals surface area contributed by atoms with Gasteiger partial charge in [0.25, 0.3) is 0 Å². The van der Waals surface area contributed by atoms with Crippen molar-refractivity contribution in [2.24, 2.45) is 0 Å². The van der Waals surface area contributed by atoms with Crippen molar-refractivity contribution in [3.8, 4) is 5.69 Å². The molecule has 118 valence electrons. The Kier molecular flexibility index (Phi) is 3.77. The fourth-order valence-corrected chi connectivity index (χ4v) is 3.76. The first-order chi connectivity index (χ1) is 10.9. The summed E-state index contributed by atoms with van der Waals surface area (Å²) in [5.41, 5.74) is 3.33. The van der Waals surface area contributed by atoms with E-state index < -0.39 is 9.84 Å². The van der Waals surface area contributed by atoms with Gasteiger partial charge in [0.15, 0.2) is 0 Å². The average molecular weight is 327 g/mol. The predicted molar refractivity (Wildman–Crippen MR) is 87.5 cm³/mol. The molecule has 3 aromatic rings. The maximum Gasteiger partial charge on any atom is 0.227 e. The molecule has 0 aliphatic rings. The van der Waals surface area contributed by atoms with Crippen LogP contribution in [0.3, 0.4) is 0 Å². The largest absolute Gasteiger partial charge is 0.227 e. The summed E-state index contributed by atoms with van der Waals surface area (Å²) in [7, 11) is -3.68. The highest BCUT2D eigenvalue weighted by atomic mass is 32.2. The molecule has 6 heteroatoms. The van der Waals surface area contributed by atoms with E-state index in [9.17, 15) is 8.42 Å². The lowest BCUT2D eigenvalue weighted by Crippen LogP contribution is -2.06. The van der Waals surface area contributed by atoms with Gasteiger partial charge in [-0.05, 0) is 44.5 Å². The fraction of sp³-hybridized carbons (Fsp3) is 0.176. The van der Waals surface area contributed by atoms with Crippen LogP contribution >= 0.6 is 0 Å². The summed E-state index contributed by atoms with van der Waals surface area (Å²) >= 11 is 0. The Hall–Kier alpha value is -2.47. The van der Waals surface area contributed by atoms with Crippen LogP contribution in [0.4, 0.5) is 0 Å². The molecule has 0 aliphatic carbocycles. The number of hydrogen-bond acceptors (Lipinski definition) is 4. The Morgan fingerprint density at radius 2 is 1.57 bits per heavy atom. The zero-order valence-electron chi connectivity index (χ0n) is 13.2. The molecule has 0 unspecified atom stereocenters. The van der Waals surface area contributed by atoms with E-state index in [0.717, 1.165) is 16.8 Å². The predicted octanol–water partition coefficient (Wildman–Crippen LogP) is 3.03. The number of benzene rings is 2. The van der Waals surface area contributed by atoms with Crippen molar-refractivity contribution >= 4 is 9.84 Å². The molecule has 23 heavy (non-hydrogen) atoms. The van der Waals surface area contributed by atoms with Gasteiger partial charge in [-0.2, -0.15) is 0 Å². The average Bonchev–Trinajstić information content (AvgIpc) is 2.90. The summed E-state index contributed by atoms with van der Waals surface area (Å²) in [5, 5.41) is 7.96. The molecular formula is C17H17N3O2S. The number of aryl methyl sites for hydroxylation is 2. The van der Waals surface area contributed by atoms with Gasteiger partial charge in [0.2, 0.25) is 14.9 Å². The zero-order valence-corrected chi connectivity index (χ0v) is 14.0. The highest BCUT2D eigenvalue weighted by Gasteiger charge is 2.26. The summed E-state index contributed by atoms with van der Waals surface area (Å²) in [6, 6.07) is 14.4. The molecular weight excluding hydrogens is 310 g/mol. The molecule has 1 heterocycles. The first kappa shape index (κ1) is 15.4. The van der Waals surface area contributed by atoms with Crippen LogP contribution < -0.4 is 0 Å². The van der Waals surface area contributed by atoms with E-state index in [1.54, 1.807) is 35.9 Å². The molecule has 0 saturated heterocycles. The molecule has 2 aromatic carbocycles. The van der Waals surface area contributed by atoms with Crippen molar-refractivity contribution < 1.29 is 8.42 Å². The van der Waals surface area contributed by atoms with Gasteiger partial charge in [-0.15, -0.1) is 5.10 Å². The summed E-state index contributed by atoms with van der Waals surface area (Å²) in [5.74, 6) is 0. The fourth-order valence-electron chi connectivity index (χ4n) is 2.42. The quantitative estimate of drug-likeness (QED) is 0.742. The van der Waals surface area contributed by atoms with Crippen LogP contribution in [0.25, 0.3) is 5.69 Å². The minimum Gasteiger partial charge on any atom is -0.217 e. The topological polar surface area (TPSA) is 64.8 Å². The van der Waals surface area contributed by atoms with Crippen LogP contribution in [0, 0.1) is 20.8 Å². The molecule has 0 bridgehead atoms. The van der Waals surface area contributed by atoms with Gasteiger partial charge in [0.05, 0.1) is 16.3 Å². The van der Waals surface area contributed by atoms with Crippen LogP contribution in [-0.4, -0.2) is 23.4 Å². The van der Waals surface area contributed by atoms with Crippen molar-refractivity contribution in [1.82, 2.24) is 15.0 Å². The number of aromatic nitrogens is 3. The third kappa shape index (κ3) is 2.66. The van der Waals surface area contributed by atoms with Gasteiger partial charge in [-0.1, -0.05) is 41.1 Å². The van der Waals surface area contributed by atoms with Crippen LogP contribution in [0.5, 0.6) is 0 Å². The first-order valence-corrected chi connectivity index (χ1v) is 8.69. The molecule has 5 nitrogen and oxygen atoms in total. The van der Waals surface area contributed by atoms with Crippen molar-refractivity contribution in [3.05, 3.63) is 65.4 Å². The van der Waals surface area contributed by atoms with Crippen molar-refractivity contribution in [2.75, 3.05) is 0 Å².